The van der Waals surface area contributed by atoms with Gasteiger partial charge >= 0.3 is 0 Å². The van der Waals surface area contributed by atoms with Gasteiger partial charge in [-0.25, -0.2) is 0 Å². The summed E-state index contributed by atoms with van der Waals surface area (Å²) in [5, 5.41) is 4.69. The maximum atomic E-state index is 6.38. The molecule has 0 radical (unpaired) electrons. The Labute approximate surface area is 127 Å². The number of aryl methyl sites for hydroxylation is 1. The fourth-order valence-corrected chi connectivity index (χ4v) is 2.78. The van der Waals surface area contributed by atoms with Crippen molar-refractivity contribution in [1.29, 1.82) is 0 Å². The maximum absolute atomic E-state index is 6.38. The Morgan fingerprint density at radius 3 is 2.62 bits per heavy atom. The second-order valence-electron chi connectivity index (χ2n) is 5.50. The van der Waals surface area contributed by atoms with Gasteiger partial charge in [0.1, 0.15) is 0 Å². The van der Waals surface area contributed by atoms with Crippen LogP contribution in [0, 0.1) is 0 Å². The van der Waals surface area contributed by atoms with Crippen LogP contribution in [-0.4, -0.2) is 14.8 Å². The summed E-state index contributed by atoms with van der Waals surface area (Å²) in [6.45, 7) is 6.53. The minimum atomic E-state index is -0.0204. The molecule has 0 spiro atoms. The zero-order valence-corrected chi connectivity index (χ0v) is 13.3. The lowest BCUT2D eigenvalue weighted by molar-refractivity contribution is 0.424. The molecule has 1 unspecified atom stereocenters. The molecular weight excluding hydrogens is 260 g/mol. The Bertz CT molecular complexity index is 557. The van der Waals surface area contributed by atoms with Gasteiger partial charge in [0.15, 0.2) is 0 Å². The monoisotopic (exact) mass is 286 g/mol. The Balaban J connectivity index is 2.11. The third kappa shape index (κ3) is 3.70. The van der Waals surface area contributed by atoms with Gasteiger partial charge in [0, 0.05) is 31.1 Å². The van der Waals surface area contributed by atoms with Crippen molar-refractivity contribution in [2.45, 2.75) is 58.5 Å². The number of pyridine rings is 1. The number of aromatic nitrogens is 3. The molecule has 2 heterocycles. The highest BCUT2D eigenvalue weighted by molar-refractivity contribution is 5.27. The van der Waals surface area contributed by atoms with E-state index in [0.717, 1.165) is 31.4 Å². The summed E-state index contributed by atoms with van der Waals surface area (Å²) < 4.78 is 2.08. The van der Waals surface area contributed by atoms with Crippen LogP contribution in [0.5, 0.6) is 0 Å². The van der Waals surface area contributed by atoms with Crippen molar-refractivity contribution in [3.8, 4) is 0 Å². The van der Waals surface area contributed by atoms with Gasteiger partial charge in [-0.1, -0.05) is 20.8 Å². The second kappa shape index (κ2) is 7.36. The lowest BCUT2D eigenvalue weighted by Gasteiger charge is -2.15. The highest BCUT2D eigenvalue weighted by Crippen LogP contribution is 2.20. The first kappa shape index (κ1) is 15.7. The van der Waals surface area contributed by atoms with Crippen molar-refractivity contribution in [3.05, 3.63) is 47.5 Å². The van der Waals surface area contributed by atoms with Gasteiger partial charge in [-0.2, -0.15) is 5.10 Å². The first-order valence-electron chi connectivity index (χ1n) is 7.91. The number of hydrogen-bond acceptors (Lipinski definition) is 3. The average molecular weight is 286 g/mol. The maximum Gasteiger partial charge on any atom is 0.0643 e. The molecule has 0 aromatic carbocycles. The molecule has 1 atom stereocenters. The zero-order chi connectivity index (χ0) is 15.2. The number of hydrogen-bond donors (Lipinski definition) is 1. The molecule has 4 heteroatoms. The second-order valence-corrected chi connectivity index (χ2v) is 5.50. The first-order valence-corrected chi connectivity index (χ1v) is 7.91. The van der Waals surface area contributed by atoms with Gasteiger partial charge in [0.25, 0.3) is 0 Å². The highest BCUT2D eigenvalue weighted by Gasteiger charge is 2.14. The molecule has 2 rings (SSSR count). The molecule has 0 bridgehead atoms. The summed E-state index contributed by atoms with van der Waals surface area (Å²) in [5.41, 5.74) is 9.85. The van der Waals surface area contributed by atoms with Crippen LogP contribution >= 0.6 is 0 Å². The van der Waals surface area contributed by atoms with Gasteiger partial charge in [-0.15, -0.1) is 0 Å². The van der Waals surface area contributed by atoms with E-state index in [2.05, 4.69) is 42.7 Å². The van der Waals surface area contributed by atoms with Crippen LogP contribution in [0.1, 0.15) is 62.5 Å². The summed E-state index contributed by atoms with van der Waals surface area (Å²) in [7, 11) is 0. The van der Waals surface area contributed by atoms with Crippen LogP contribution in [-0.2, 0) is 12.8 Å². The lowest BCUT2D eigenvalue weighted by Crippen LogP contribution is -2.16. The summed E-state index contributed by atoms with van der Waals surface area (Å²) >= 11 is 0. The molecule has 4 nitrogen and oxygen atoms in total. The minimum Gasteiger partial charge on any atom is -0.324 e. The number of nitrogens with two attached hydrogens (primary N) is 1. The highest BCUT2D eigenvalue weighted by atomic mass is 15.3. The van der Waals surface area contributed by atoms with Gasteiger partial charge in [0.05, 0.1) is 11.7 Å². The van der Waals surface area contributed by atoms with E-state index < -0.39 is 0 Å². The molecule has 21 heavy (non-hydrogen) atoms. The van der Waals surface area contributed by atoms with Gasteiger partial charge < -0.3 is 5.73 Å². The van der Waals surface area contributed by atoms with Crippen molar-refractivity contribution in [2.75, 3.05) is 0 Å². The molecule has 0 aliphatic rings. The van der Waals surface area contributed by atoms with Crippen LogP contribution in [0.4, 0.5) is 0 Å². The molecule has 0 fully saturated rings. The quantitative estimate of drug-likeness (QED) is 0.848. The third-order valence-electron chi connectivity index (χ3n) is 4.13. The van der Waals surface area contributed by atoms with E-state index in [1.807, 2.05) is 18.5 Å². The van der Waals surface area contributed by atoms with Gasteiger partial charge in [0.2, 0.25) is 0 Å². The standard InChI is InChI=1S/C17H26N4/c1-4-13-12-19-9-7-16(13)17(18)11-14-8-10-21(20-14)15(5-2)6-3/h7-10,12,15,17H,4-6,11,18H2,1-3H3. The fourth-order valence-electron chi connectivity index (χ4n) is 2.78. The lowest BCUT2D eigenvalue weighted by atomic mass is 9.98. The molecule has 0 saturated carbocycles. The predicted octanol–water partition coefficient (Wildman–Crippen LogP) is 3.44. The van der Waals surface area contributed by atoms with E-state index in [1.165, 1.54) is 11.1 Å². The molecular formula is C17H26N4. The van der Waals surface area contributed by atoms with E-state index in [9.17, 15) is 0 Å². The van der Waals surface area contributed by atoms with Crippen LogP contribution in [0.25, 0.3) is 0 Å². The molecule has 2 aromatic heterocycles. The first-order chi connectivity index (χ1) is 10.2. The largest absolute Gasteiger partial charge is 0.324 e. The molecule has 0 aliphatic carbocycles. The summed E-state index contributed by atoms with van der Waals surface area (Å²) in [4.78, 5) is 4.18. The van der Waals surface area contributed by atoms with Crippen molar-refractivity contribution in [1.82, 2.24) is 14.8 Å². The Kier molecular flexibility index (Phi) is 5.51. The van der Waals surface area contributed by atoms with Crippen LogP contribution in [0.15, 0.2) is 30.7 Å². The van der Waals surface area contributed by atoms with Crippen LogP contribution < -0.4 is 5.73 Å². The fraction of sp³-hybridized carbons (Fsp3) is 0.529. The zero-order valence-electron chi connectivity index (χ0n) is 13.3. The summed E-state index contributed by atoms with van der Waals surface area (Å²) in [6.07, 6.45) is 9.74. The molecule has 0 amide bonds. The number of nitrogens with zero attached hydrogens (tertiary/aromatic N) is 3. The molecule has 2 N–H and O–H groups in total. The molecule has 2 aromatic rings. The predicted molar refractivity (Wildman–Crippen MR) is 86.1 cm³/mol. The van der Waals surface area contributed by atoms with Crippen molar-refractivity contribution < 1.29 is 0 Å². The molecule has 114 valence electrons. The SMILES string of the molecule is CCc1cnccc1C(N)Cc1ccn(C(CC)CC)n1. The van der Waals surface area contributed by atoms with E-state index >= 15 is 0 Å². The molecule has 0 aliphatic heterocycles. The Morgan fingerprint density at radius 1 is 1.19 bits per heavy atom. The topological polar surface area (TPSA) is 56.7 Å². The average Bonchev–Trinajstić information content (AvgIpc) is 2.96. The van der Waals surface area contributed by atoms with Crippen molar-refractivity contribution in [2.24, 2.45) is 5.73 Å². The summed E-state index contributed by atoms with van der Waals surface area (Å²) in [5.74, 6) is 0. The summed E-state index contributed by atoms with van der Waals surface area (Å²) in [6, 6.07) is 4.59. The third-order valence-corrected chi connectivity index (χ3v) is 4.13. The van der Waals surface area contributed by atoms with Crippen molar-refractivity contribution >= 4 is 0 Å². The molecule has 0 saturated heterocycles. The van der Waals surface area contributed by atoms with E-state index in [0.29, 0.717) is 6.04 Å². The van der Waals surface area contributed by atoms with Gasteiger partial charge in [-0.3, -0.25) is 9.67 Å². The van der Waals surface area contributed by atoms with Crippen molar-refractivity contribution in [3.63, 3.8) is 0 Å². The van der Waals surface area contributed by atoms with E-state index in [1.54, 1.807) is 0 Å². The van der Waals surface area contributed by atoms with Crippen LogP contribution in [0.3, 0.4) is 0 Å². The smallest absolute Gasteiger partial charge is 0.0643 e. The van der Waals surface area contributed by atoms with Crippen LogP contribution in [0.2, 0.25) is 0 Å². The van der Waals surface area contributed by atoms with Gasteiger partial charge in [-0.05, 0) is 42.5 Å². The minimum absolute atomic E-state index is 0.0204. The van der Waals surface area contributed by atoms with E-state index in [4.69, 9.17) is 10.8 Å². The Hall–Kier alpha value is -1.68. The number of rotatable bonds is 7. The normalized spacial score (nSPS) is 12.8. The van der Waals surface area contributed by atoms with E-state index in [-0.39, 0.29) is 6.04 Å². The Morgan fingerprint density at radius 2 is 1.95 bits per heavy atom.